The van der Waals surface area contributed by atoms with Gasteiger partial charge in [0.25, 0.3) is 5.91 Å². The molecular formula is C22H21BrN2O2. The summed E-state index contributed by atoms with van der Waals surface area (Å²) in [4.78, 5) is 16.7. The van der Waals surface area contributed by atoms with E-state index in [0.717, 1.165) is 41.4 Å². The molecule has 0 radical (unpaired) electrons. The second kappa shape index (κ2) is 8.01. The number of rotatable bonds is 4. The number of piperazine rings is 1. The van der Waals surface area contributed by atoms with Crippen LogP contribution >= 0.6 is 15.9 Å². The smallest absolute Gasteiger partial charge is 0.260 e. The lowest BCUT2D eigenvalue weighted by Crippen LogP contribution is -2.50. The largest absolute Gasteiger partial charge is 0.483 e. The summed E-state index contributed by atoms with van der Waals surface area (Å²) in [5.41, 5.74) is 1.21. The van der Waals surface area contributed by atoms with Crippen molar-refractivity contribution in [2.75, 3.05) is 37.7 Å². The van der Waals surface area contributed by atoms with Crippen LogP contribution < -0.4 is 9.64 Å². The number of halogens is 1. The Morgan fingerprint density at radius 2 is 1.59 bits per heavy atom. The van der Waals surface area contributed by atoms with Crippen molar-refractivity contribution < 1.29 is 9.53 Å². The number of hydrogen-bond acceptors (Lipinski definition) is 3. The summed E-state index contributed by atoms with van der Waals surface area (Å²) in [6.07, 6.45) is 0. The van der Waals surface area contributed by atoms with Crippen LogP contribution in [-0.4, -0.2) is 43.6 Å². The lowest BCUT2D eigenvalue weighted by atomic mass is 10.1. The van der Waals surface area contributed by atoms with E-state index in [1.165, 1.54) is 5.69 Å². The maximum absolute atomic E-state index is 12.6. The van der Waals surface area contributed by atoms with Gasteiger partial charge in [0.15, 0.2) is 6.61 Å². The summed E-state index contributed by atoms with van der Waals surface area (Å²) >= 11 is 3.61. The molecule has 0 unspecified atom stereocenters. The Kier molecular flexibility index (Phi) is 5.30. The van der Waals surface area contributed by atoms with E-state index in [9.17, 15) is 4.79 Å². The monoisotopic (exact) mass is 424 g/mol. The van der Waals surface area contributed by atoms with Crippen molar-refractivity contribution in [3.63, 3.8) is 0 Å². The Morgan fingerprint density at radius 3 is 2.37 bits per heavy atom. The molecule has 1 saturated heterocycles. The topological polar surface area (TPSA) is 32.8 Å². The number of ether oxygens (including phenoxy) is 1. The molecule has 0 aromatic heterocycles. The number of benzene rings is 3. The lowest BCUT2D eigenvalue weighted by molar-refractivity contribution is -0.133. The van der Waals surface area contributed by atoms with Gasteiger partial charge in [-0.05, 0) is 44.9 Å². The minimum absolute atomic E-state index is 0.0303. The molecule has 1 fully saturated rings. The van der Waals surface area contributed by atoms with Gasteiger partial charge < -0.3 is 14.5 Å². The highest BCUT2D eigenvalue weighted by molar-refractivity contribution is 9.10. The molecule has 0 spiro atoms. The van der Waals surface area contributed by atoms with Crippen molar-refractivity contribution in [3.8, 4) is 5.75 Å². The van der Waals surface area contributed by atoms with Gasteiger partial charge in [-0.2, -0.15) is 0 Å². The average molecular weight is 425 g/mol. The van der Waals surface area contributed by atoms with Crippen LogP contribution in [0.25, 0.3) is 10.8 Å². The second-order valence-electron chi connectivity index (χ2n) is 6.59. The van der Waals surface area contributed by atoms with E-state index in [1.54, 1.807) is 0 Å². The number of nitrogens with zero attached hydrogens (tertiary/aromatic N) is 2. The highest BCUT2D eigenvalue weighted by Crippen LogP contribution is 2.33. The predicted octanol–water partition coefficient (Wildman–Crippen LogP) is 4.33. The summed E-state index contributed by atoms with van der Waals surface area (Å²) in [6, 6.07) is 22.3. The van der Waals surface area contributed by atoms with E-state index in [-0.39, 0.29) is 12.5 Å². The summed E-state index contributed by atoms with van der Waals surface area (Å²) in [5.74, 6) is 0.729. The SMILES string of the molecule is O=C(COc1ccc2ccccc2c1Br)N1CCN(c2ccccc2)CC1. The molecule has 4 rings (SSSR count). The van der Waals surface area contributed by atoms with E-state index < -0.39 is 0 Å². The first kappa shape index (κ1) is 17.9. The van der Waals surface area contributed by atoms with Gasteiger partial charge in [0, 0.05) is 31.9 Å². The number of hydrogen-bond donors (Lipinski definition) is 0. The van der Waals surface area contributed by atoms with Crippen LogP contribution in [0.5, 0.6) is 5.75 Å². The van der Waals surface area contributed by atoms with Crippen molar-refractivity contribution in [3.05, 3.63) is 71.2 Å². The van der Waals surface area contributed by atoms with E-state index >= 15 is 0 Å². The molecule has 27 heavy (non-hydrogen) atoms. The summed E-state index contributed by atoms with van der Waals surface area (Å²) in [5, 5.41) is 2.22. The van der Waals surface area contributed by atoms with Crippen LogP contribution in [-0.2, 0) is 4.79 Å². The summed E-state index contributed by atoms with van der Waals surface area (Å²) in [7, 11) is 0. The van der Waals surface area contributed by atoms with Gasteiger partial charge in [-0.15, -0.1) is 0 Å². The number of anilines is 1. The maximum Gasteiger partial charge on any atom is 0.260 e. The van der Waals surface area contributed by atoms with Crippen LogP contribution in [0.1, 0.15) is 0 Å². The van der Waals surface area contributed by atoms with Gasteiger partial charge in [-0.1, -0.05) is 48.5 Å². The second-order valence-corrected chi connectivity index (χ2v) is 7.38. The number of carbonyl (C=O) groups excluding carboxylic acids is 1. The van der Waals surface area contributed by atoms with Crippen LogP contribution in [0.15, 0.2) is 71.2 Å². The zero-order valence-corrected chi connectivity index (χ0v) is 16.6. The molecule has 0 saturated carbocycles. The normalized spacial score (nSPS) is 14.4. The fourth-order valence-electron chi connectivity index (χ4n) is 3.41. The van der Waals surface area contributed by atoms with Crippen molar-refractivity contribution in [2.45, 2.75) is 0 Å². The highest BCUT2D eigenvalue weighted by atomic mass is 79.9. The minimum atomic E-state index is 0.0303. The van der Waals surface area contributed by atoms with Crippen LogP contribution in [0, 0.1) is 0 Å². The molecule has 0 N–H and O–H groups in total. The third-order valence-electron chi connectivity index (χ3n) is 4.93. The van der Waals surface area contributed by atoms with Gasteiger partial charge in [0.2, 0.25) is 0 Å². The number of carbonyl (C=O) groups is 1. The van der Waals surface area contributed by atoms with Crippen LogP contribution in [0.4, 0.5) is 5.69 Å². The van der Waals surface area contributed by atoms with Crippen molar-refractivity contribution in [1.82, 2.24) is 4.90 Å². The predicted molar refractivity (Wildman–Crippen MR) is 112 cm³/mol. The molecule has 138 valence electrons. The molecule has 4 nitrogen and oxygen atoms in total. The third kappa shape index (κ3) is 3.93. The van der Waals surface area contributed by atoms with E-state index in [4.69, 9.17) is 4.74 Å². The zero-order valence-electron chi connectivity index (χ0n) is 15.0. The first-order valence-corrected chi connectivity index (χ1v) is 9.89. The molecular weight excluding hydrogens is 404 g/mol. The number of fused-ring (bicyclic) bond motifs is 1. The summed E-state index contributed by atoms with van der Waals surface area (Å²) < 4.78 is 6.71. The standard InChI is InChI=1S/C22H21BrN2O2/c23-22-19-9-5-4-6-17(19)10-11-20(22)27-16-21(26)25-14-12-24(13-15-25)18-7-2-1-3-8-18/h1-11H,12-16H2. The quantitative estimate of drug-likeness (QED) is 0.624. The Labute approximate surface area is 167 Å². The third-order valence-corrected chi connectivity index (χ3v) is 5.75. The fraction of sp³-hybridized carbons (Fsp3) is 0.227. The number of para-hydroxylation sites is 1. The van der Waals surface area contributed by atoms with Gasteiger partial charge in [-0.3, -0.25) is 4.79 Å². The molecule has 0 atom stereocenters. The Hall–Kier alpha value is -2.53. The van der Waals surface area contributed by atoms with Crippen LogP contribution in [0.3, 0.4) is 0 Å². The van der Waals surface area contributed by atoms with Gasteiger partial charge >= 0.3 is 0 Å². The average Bonchev–Trinajstić information content (AvgIpc) is 2.74. The fourth-order valence-corrected chi connectivity index (χ4v) is 4.02. The van der Waals surface area contributed by atoms with Crippen LogP contribution in [0.2, 0.25) is 0 Å². The van der Waals surface area contributed by atoms with E-state index in [0.29, 0.717) is 5.75 Å². The molecule has 1 amide bonds. The summed E-state index contributed by atoms with van der Waals surface area (Å²) in [6.45, 7) is 3.18. The Bertz CT molecular complexity index is 937. The molecule has 0 aliphatic carbocycles. The molecule has 1 aliphatic rings. The van der Waals surface area contributed by atoms with Crippen molar-refractivity contribution in [1.29, 1.82) is 0 Å². The molecule has 1 heterocycles. The van der Waals surface area contributed by atoms with E-state index in [2.05, 4.69) is 39.0 Å². The van der Waals surface area contributed by atoms with Crippen molar-refractivity contribution in [2.24, 2.45) is 0 Å². The van der Waals surface area contributed by atoms with Gasteiger partial charge in [0.05, 0.1) is 4.47 Å². The molecule has 0 bridgehead atoms. The minimum Gasteiger partial charge on any atom is -0.483 e. The first-order chi connectivity index (χ1) is 13.2. The molecule has 3 aromatic carbocycles. The van der Waals surface area contributed by atoms with Gasteiger partial charge in [0.1, 0.15) is 5.75 Å². The highest BCUT2D eigenvalue weighted by Gasteiger charge is 2.21. The molecule has 3 aromatic rings. The molecule has 5 heteroatoms. The Morgan fingerprint density at radius 1 is 0.889 bits per heavy atom. The number of amides is 1. The molecule has 1 aliphatic heterocycles. The maximum atomic E-state index is 12.6. The first-order valence-electron chi connectivity index (χ1n) is 9.10. The Balaban J connectivity index is 1.35. The zero-order chi connectivity index (χ0) is 18.6. The van der Waals surface area contributed by atoms with E-state index in [1.807, 2.05) is 53.4 Å². The van der Waals surface area contributed by atoms with Crippen molar-refractivity contribution >= 4 is 38.3 Å². The lowest BCUT2D eigenvalue weighted by Gasteiger charge is -2.36. The van der Waals surface area contributed by atoms with Gasteiger partial charge in [-0.25, -0.2) is 0 Å².